The Balaban J connectivity index is 1.59. The van der Waals surface area contributed by atoms with E-state index in [0.29, 0.717) is 18.1 Å². The fourth-order valence-electron chi connectivity index (χ4n) is 3.42. The van der Waals surface area contributed by atoms with Crippen LogP contribution in [0.4, 0.5) is 4.39 Å². The molecule has 156 valence electrons. The van der Waals surface area contributed by atoms with Crippen molar-refractivity contribution in [2.24, 2.45) is 4.99 Å². The van der Waals surface area contributed by atoms with Crippen LogP contribution in [0.25, 0.3) is 0 Å². The van der Waals surface area contributed by atoms with Gasteiger partial charge < -0.3 is 15.4 Å². The van der Waals surface area contributed by atoms with Crippen molar-refractivity contribution in [2.75, 3.05) is 33.4 Å². The molecule has 0 radical (unpaired) electrons. The van der Waals surface area contributed by atoms with E-state index >= 15 is 0 Å². The minimum atomic E-state index is -0.184. The van der Waals surface area contributed by atoms with Gasteiger partial charge in [0.05, 0.1) is 19.3 Å². The van der Waals surface area contributed by atoms with Crippen LogP contribution in [0.3, 0.4) is 0 Å². The molecule has 0 bridgehead atoms. The molecule has 2 aromatic carbocycles. The van der Waals surface area contributed by atoms with Gasteiger partial charge in [-0.2, -0.15) is 0 Å². The number of nitrogens with zero attached hydrogens (tertiary/aromatic N) is 2. The molecule has 1 heterocycles. The molecule has 1 atom stereocenters. The fraction of sp³-hybridized carbons (Fsp3) is 0.435. The van der Waals surface area contributed by atoms with Gasteiger partial charge in [-0.15, -0.1) is 0 Å². The molecular formula is C23H31FN4O. The van der Waals surface area contributed by atoms with E-state index in [1.54, 1.807) is 26.1 Å². The van der Waals surface area contributed by atoms with Crippen LogP contribution in [0.5, 0.6) is 0 Å². The molecule has 6 heteroatoms. The van der Waals surface area contributed by atoms with Crippen LogP contribution in [0, 0.1) is 12.7 Å². The van der Waals surface area contributed by atoms with Crippen molar-refractivity contribution in [1.29, 1.82) is 0 Å². The topological polar surface area (TPSA) is 48.9 Å². The molecule has 1 saturated heterocycles. The lowest BCUT2D eigenvalue weighted by Gasteiger charge is -2.27. The predicted molar refractivity (Wildman–Crippen MR) is 115 cm³/mol. The van der Waals surface area contributed by atoms with Crippen LogP contribution in [-0.4, -0.2) is 44.2 Å². The number of nitrogens with one attached hydrogen (secondary N) is 2. The molecule has 0 amide bonds. The molecule has 1 aliphatic heterocycles. The Kier molecular flexibility index (Phi) is 7.61. The third kappa shape index (κ3) is 6.02. The standard InChI is InChI=1S/C23H31FN4O/c1-17-8-9-19(14-22(17)24)18(2)27-23(25-3)26-15-20-6-4-5-7-21(20)16-28-10-12-29-13-11-28/h4-9,14,18H,10-13,15-16H2,1-3H3,(H2,25,26,27). The molecule has 0 spiro atoms. The second kappa shape index (κ2) is 10.4. The second-order valence-electron chi connectivity index (χ2n) is 7.46. The Bertz CT molecular complexity index is 833. The molecule has 1 aliphatic rings. The van der Waals surface area contributed by atoms with Gasteiger partial charge in [-0.1, -0.05) is 36.4 Å². The average molecular weight is 399 g/mol. The average Bonchev–Trinajstić information content (AvgIpc) is 2.74. The van der Waals surface area contributed by atoms with Crippen molar-refractivity contribution in [3.63, 3.8) is 0 Å². The first-order valence-corrected chi connectivity index (χ1v) is 10.2. The molecule has 1 unspecified atom stereocenters. The first-order chi connectivity index (χ1) is 14.1. The summed E-state index contributed by atoms with van der Waals surface area (Å²) in [6, 6.07) is 13.8. The molecule has 0 aromatic heterocycles. The van der Waals surface area contributed by atoms with Gasteiger partial charge in [0.25, 0.3) is 0 Å². The van der Waals surface area contributed by atoms with Gasteiger partial charge in [-0.3, -0.25) is 9.89 Å². The summed E-state index contributed by atoms with van der Waals surface area (Å²) < 4.78 is 19.3. The predicted octanol–water partition coefficient (Wildman–Crippen LogP) is 3.39. The van der Waals surface area contributed by atoms with Gasteiger partial charge >= 0.3 is 0 Å². The normalized spacial score (nSPS) is 16.5. The Morgan fingerprint density at radius 3 is 2.59 bits per heavy atom. The lowest BCUT2D eigenvalue weighted by Crippen LogP contribution is -2.39. The van der Waals surface area contributed by atoms with Crippen LogP contribution in [0.2, 0.25) is 0 Å². The molecule has 3 rings (SSSR count). The minimum Gasteiger partial charge on any atom is -0.379 e. The van der Waals surface area contributed by atoms with Crippen molar-refractivity contribution in [3.05, 3.63) is 70.5 Å². The van der Waals surface area contributed by atoms with E-state index in [1.807, 2.05) is 13.0 Å². The largest absolute Gasteiger partial charge is 0.379 e. The number of aliphatic imine (C=N–C) groups is 1. The summed E-state index contributed by atoms with van der Waals surface area (Å²) >= 11 is 0. The van der Waals surface area contributed by atoms with Crippen LogP contribution in [0.15, 0.2) is 47.5 Å². The monoisotopic (exact) mass is 398 g/mol. The van der Waals surface area contributed by atoms with E-state index in [-0.39, 0.29) is 11.9 Å². The lowest BCUT2D eigenvalue weighted by atomic mass is 10.1. The molecule has 0 aliphatic carbocycles. The highest BCUT2D eigenvalue weighted by Gasteiger charge is 2.14. The van der Waals surface area contributed by atoms with E-state index in [4.69, 9.17) is 4.74 Å². The number of guanidine groups is 1. The third-order valence-corrected chi connectivity index (χ3v) is 5.34. The van der Waals surface area contributed by atoms with Crippen LogP contribution >= 0.6 is 0 Å². The van der Waals surface area contributed by atoms with E-state index in [2.05, 4.69) is 44.8 Å². The number of hydrogen-bond donors (Lipinski definition) is 2. The summed E-state index contributed by atoms with van der Waals surface area (Å²) in [6.45, 7) is 8.91. The maximum atomic E-state index is 13.9. The number of hydrogen-bond acceptors (Lipinski definition) is 3. The zero-order chi connectivity index (χ0) is 20.6. The number of halogens is 1. The summed E-state index contributed by atoms with van der Waals surface area (Å²) in [5.41, 5.74) is 4.10. The maximum absolute atomic E-state index is 13.9. The van der Waals surface area contributed by atoms with Gasteiger partial charge in [0.2, 0.25) is 0 Å². The summed E-state index contributed by atoms with van der Waals surface area (Å²) in [4.78, 5) is 6.75. The van der Waals surface area contributed by atoms with Crippen molar-refractivity contribution in [3.8, 4) is 0 Å². The Morgan fingerprint density at radius 2 is 1.90 bits per heavy atom. The minimum absolute atomic E-state index is 0.0557. The summed E-state index contributed by atoms with van der Waals surface area (Å²) in [5.74, 6) is 0.510. The smallest absolute Gasteiger partial charge is 0.191 e. The van der Waals surface area contributed by atoms with Crippen molar-refractivity contribution in [1.82, 2.24) is 15.5 Å². The molecule has 2 aromatic rings. The van der Waals surface area contributed by atoms with Crippen molar-refractivity contribution >= 4 is 5.96 Å². The number of morpholine rings is 1. The van der Waals surface area contributed by atoms with E-state index < -0.39 is 0 Å². The highest BCUT2D eigenvalue weighted by atomic mass is 19.1. The van der Waals surface area contributed by atoms with Gasteiger partial charge in [0.15, 0.2) is 5.96 Å². The van der Waals surface area contributed by atoms with Gasteiger partial charge in [0, 0.05) is 33.2 Å². The lowest BCUT2D eigenvalue weighted by molar-refractivity contribution is 0.0341. The van der Waals surface area contributed by atoms with Gasteiger partial charge in [-0.05, 0) is 42.2 Å². The number of benzene rings is 2. The van der Waals surface area contributed by atoms with Crippen LogP contribution in [0.1, 0.15) is 35.2 Å². The zero-order valence-corrected chi connectivity index (χ0v) is 17.5. The highest BCUT2D eigenvalue weighted by Crippen LogP contribution is 2.16. The van der Waals surface area contributed by atoms with Crippen LogP contribution in [-0.2, 0) is 17.8 Å². The first kappa shape index (κ1) is 21.3. The van der Waals surface area contributed by atoms with Gasteiger partial charge in [-0.25, -0.2) is 4.39 Å². The van der Waals surface area contributed by atoms with Crippen molar-refractivity contribution in [2.45, 2.75) is 33.0 Å². The van der Waals surface area contributed by atoms with Gasteiger partial charge in [0.1, 0.15) is 5.82 Å². The Labute approximate surface area is 173 Å². The molecule has 0 saturated carbocycles. The van der Waals surface area contributed by atoms with Crippen molar-refractivity contribution < 1.29 is 9.13 Å². The number of rotatable bonds is 6. The first-order valence-electron chi connectivity index (χ1n) is 10.2. The van der Waals surface area contributed by atoms with E-state index in [1.165, 1.54) is 11.1 Å². The summed E-state index contributed by atoms with van der Waals surface area (Å²) in [7, 11) is 1.75. The molecule has 29 heavy (non-hydrogen) atoms. The summed E-state index contributed by atoms with van der Waals surface area (Å²) in [5, 5.41) is 6.74. The Morgan fingerprint density at radius 1 is 1.17 bits per heavy atom. The number of aryl methyl sites for hydroxylation is 1. The fourth-order valence-corrected chi connectivity index (χ4v) is 3.42. The highest BCUT2D eigenvalue weighted by molar-refractivity contribution is 5.80. The summed E-state index contributed by atoms with van der Waals surface area (Å²) in [6.07, 6.45) is 0. The maximum Gasteiger partial charge on any atom is 0.191 e. The number of ether oxygens (including phenoxy) is 1. The quantitative estimate of drug-likeness (QED) is 0.579. The third-order valence-electron chi connectivity index (χ3n) is 5.34. The SMILES string of the molecule is CN=C(NCc1ccccc1CN1CCOCC1)NC(C)c1ccc(C)c(F)c1. The molecule has 2 N–H and O–H groups in total. The second-order valence-corrected chi connectivity index (χ2v) is 7.46. The molecule has 5 nitrogen and oxygen atoms in total. The van der Waals surface area contributed by atoms with E-state index in [0.717, 1.165) is 38.4 Å². The Hall–Kier alpha value is -2.44. The van der Waals surface area contributed by atoms with E-state index in [9.17, 15) is 4.39 Å². The zero-order valence-electron chi connectivity index (χ0n) is 17.5. The molecular weight excluding hydrogens is 367 g/mol. The molecule has 1 fully saturated rings. The van der Waals surface area contributed by atoms with Crippen LogP contribution < -0.4 is 10.6 Å².